The number of benzene rings is 8. The Bertz CT molecular complexity index is 3330. The van der Waals surface area contributed by atoms with E-state index in [4.69, 9.17) is 29.9 Å². The van der Waals surface area contributed by atoms with Crippen molar-refractivity contribution in [1.82, 2.24) is 34.5 Å². The Hall–Kier alpha value is -8.56. The number of hydrogen-bond donors (Lipinski definition) is 0. The molecule has 0 aliphatic rings. The molecule has 7 nitrogen and oxygen atoms in total. The Morgan fingerprint density at radius 2 is 0.683 bits per heavy atom. The number of fused-ring (bicyclic) bond motifs is 3. The van der Waals surface area contributed by atoms with E-state index in [-0.39, 0.29) is 5.56 Å². The van der Waals surface area contributed by atoms with Crippen LogP contribution >= 0.6 is 0 Å². The molecule has 8 aromatic carbocycles. The highest BCUT2D eigenvalue weighted by Crippen LogP contribution is 2.41. The predicted octanol–water partition coefficient (Wildman–Crippen LogP) is 13.1. The van der Waals surface area contributed by atoms with Gasteiger partial charge in [-0.3, -0.25) is 0 Å². The predicted molar refractivity (Wildman–Crippen MR) is 246 cm³/mol. The van der Waals surface area contributed by atoms with Gasteiger partial charge in [-0.25, -0.2) is 38.7 Å². The first-order chi connectivity index (χ1) is 31.1. The van der Waals surface area contributed by atoms with Gasteiger partial charge >= 0.3 is 0 Å². The fraction of sp³-hybridized carbons (Fsp3) is 0. The van der Waals surface area contributed by atoms with Crippen molar-refractivity contribution in [1.29, 1.82) is 0 Å². The molecule has 0 amide bonds. The van der Waals surface area contributed by atoms with Crippen molar-refractivity contribution in [2.24, 2.45) is 0 Å². The second-order valence-corrected chi connectivity index (χ2v) is 15.0. The second kappa shape index (κ2) is 15.8. The monoisotopic (exact) mass is 817 g/mol. The number of aromatic nitrogens is 7. The summed E-state index contributed by atoms with van der Waals surface area (Å²) in [7, 11) is 0. The smallest absolute Gasteiger partial charge is 0.164 e. The Morgan fingerprint density at radius 1 is 0.302 bits per heavy atom. The van der Waals surface area contributed by atoms with Crippen molar-refractivity contribution in [2.75, 3.05) is 0 Å². The third-order valence-electron chi connectivity index (χ3n) is 11.1. The summed E-state index contributed by atoms with van der Waals surface area (Å²) in [6.07, 6.45) is 0. The zero-order chi connectivity index (χ0) is 42.3. The van der Waals surface area contributed by atoms with Crippen LogP contribution in [0.5, 0.6) is 0 Å². The summed E-state index contributed by atoms with van der Waals surface area (Å²) >= 11 is 0. The topological polar surface area (TPSA) is 82.3 Å². The number of nitrogens with zero attached hydrogens (tertiary/aromatic N) is 7. The molecule has 0 aliphatic heterocycles. The molecule has 0 unspecified atom stereocenters. The van der Waals surface area contributed by atoms with Gasteiger partial charge in [-0.1, -0.05) is 158 Å². The molecule has 0 saturated heterocycles. The lowest BCUT2D eigenvalue weighted by atomic mass is 9.99. The molecule has 0 aliphatic carbocycles. The van der Waals surface area contributed by atoms with E-state index in [2.05, 4.69) is 10.6 Å². The van der Waals surface area contributed by atoms with Crippen LogP contribution in [0.4, 0.5) is 8.78 Å². The van der Waals surface area contributed by atoms with Crippen LogP contribution in [0.2, 0.25) is 0 Å². The lowest BCUT2D eigenvalue weighted by molar-refractivity contribution is 0.589. The van der Waals surface area contributed by atoms with Gasteiger partial charge in [-0.15, -0.1) is 0 Å². The van der Waals surface area contributed by atoms with Gasteiger partial charge in [-0.2, -0.15) is 0 Å². The molecule has 0 fully saturated rings. The van der Waals surface area contributed by atoms with Crippen molar-refractivity contribution >= 4 is 21.8 Å². The van der Waals surface area contributed by atoms with Crippen molar-refractivity contribution in [3.05, 3.63) is 212 Å². The zero-order valence-corrected chi connectivity index (χ0v) is 33.4. The van der Waals surface area contributed by atoms with Crippen LogP contribution < -0.4 is 0 Å². The molecular formula is C54H33F2N7. The number of rotatable bonds is 8. The molecule has 0 N–H and O–H groups in total. The van der Waals surface area contributed by atoms with Crippen LogP contribution in [0, 0.1) is 11.6 Å². The fourth-order valence-electron chi connectivity index (χ4n) is 8.07. The summed E-state index contributed by atoms with van der Waals surface area (Å²) in [4.78, 5) is 29.7. The molecule has 63 heavy (non-hydrogen) atoms. The Balaban J connectivity index is 1.14. The van der Waals surface area contributed by atoms with Crippen molar-refractivity contribution in [2.45, 2.75) is 0 Å². The van der Waals surface area contributed by atoms with Crippen LogP contribution in [0.3, 0.4) is 0 Å². The third kappa shape index (κ3) is 6.97. The van der Waals surface area contributed by atoms with E-state index in [0.29, 0.717) is 51.8 Å². The minimum absolute atomic E-state index is 0.140. The summed E-state index contributed by atoms with van der Waals surface area (Å²) in [5.41, 5.74) is 7.20. The SMILES string of the molecule is Fc1cccc(F)c1-c1ccc(-c2nc(-c3ccccc3)nc(-c3ccccc3)n2)cc1-n1c2ccccc2c2cc(-c3nc(-c4ccccc4)nc(-c4ccccc4)n3)ccc21. The number of hydrogen-bond acceptors (Lipinski definition) is 6. The van der Waals surface area contributed by atoms with Crippen molar-refractivity contribution in [3.8, 4) is 85.1 Å². The minimum Gasteiger partial charge on any atom is -0.309 e. The van der Waals surface area contributed by atoms with Gasteiger partial charge in [0.1, 0.15) is 11.6 Å². The van der Waals surface area contributed by atoms with Crippen LogP contribution in [0.15, 0.2) is 200 Å². The van der Waals surface area contributed by atoms with Crippen LogP contribution in [0.25, 0.3) is 107 Å². The molecule has 3 heterocycles. The van der Waals surface area contributed by atoms with Gasteiger partial charge in [0.2, 0.25) is 0 Å². The van der Waals surface area contributed by atoms with E-state index in [9.17, 15) is 0 Å². The zero-order valence-electron chi connectivity index (χ0n) is 33.4. The molecule has 9 heteroatoms. The molecule has 0 bridgehead atoms. The third-order valence-corrected chi connectivity index (χ3v) is 11.1. The largest absolute Gasteiger partial charge is 0.309 e. The second-order valence-electron chi connectivity index (χ2n) is 15.0. The lowest BCUT2D eigenvalue weighted by Gasteiger charge is -2.17. The molecule has 298 valence electrons. The highest BCUT2D eigenvalue weighted by Gasteiger charge is 2.23. The van der Waals surface area contributed by atoms with Gasteiger partial charge < -0.3 is 4.57 Å². The van der Waals surface area contributed by atoms with Crippen LogP contribution in [-0.2, 0) is 0 Å². The van der Waals surface area contributed by atoms with E-state index in [1.807, 2.05) is 170 Å². The highest BCUT2D eigenvalue weighted by atomic mass is 19.1. The average Bonchev–Trinajstić information content (AvgIpc) is 3.68. The normalized spacial score (nSPS) is 11.3. The maximum absolute atomic E-state index is 15.9. The summed E-state index contributed by atoms with van der Waals surface area (Å²) in [5, 5.41) is 1.83. The van der Waals surface area contributed by atoms with Gasteiger partial charge in [0.05, 0.1) is 22.3 Å². The minimum atomic E-state index is -0.678. The molecular weight excluding hydrogens is 785 g/mol. The number of halogens is 2. The Morgan fingerprint density at radius 3 is 1.16 bits per heavy atom. The van der Waals surface area contributed by atoms with Gasteiger partial charge in [0.15, 0.2) is 34.9 Å². The van der Waals surface area contributed by atoms with E-state index < -0.39 is 11.6 Å². The lowest BCUT2D eigenvalue weighted by Crippen LogP contribution is -2.03. The standard InChI is InChI=1S/C54H33F2N7/c55-43-25-15-26-44(56)48(43)41-30-28-39(54-61-51(36-20-9-3-10-21-36)58-52(62-54)37-22-11-4-12-23-37)33-47(41)63-45-27-14-13-24-40(45)42-32-38(29-31-46(42)63)53-59-49(34-16-5-1-6-17-34)57-50(60-53)35-18-7-2-8-19-35/h1-33H. The first-order valence-electron chi connectivity index (χ1n) is 20.4. The summed E-state index contributed by atoms with van der Waals surface area (Å²) < 4.78 is 33.9. The summed E-state index contributed by atoms with van der Waals surface area (Å²) in [6, 6.07) is 62.6. The van der Waals surface area contributed by atoms with Crippen LogP contribution in [-0.4, -0.2) is 34.5 Å². The average molecular weight is 818 g/mol. The molecule has 11 rings (SSSR count). The summed E-state index contributed by atoms with van der Waals surface area (Å²) in [6.45, 7) is 0. The van der Waals surface area contributed by atoms with E-state index in [1.54, 1.807) is 6.07 Å². The highest BCUT2D eigenvalue weighted by molar-refractivity contribution is 6.11. The Kier molecular flexibility index (Phi) is 9.39. The molecule has 0 saturated carbocycles. The first-order valence-corrected chi connectivity index (χ1v) is 20.4. The van der Waals surface area contributed by atoms with Gasteiger partial charge in [-0.05, 0) is 42.5 Å². The van der Waals surface area contributed by atoms with Gasteiger partial charge in [0, 0.05) is 49.7 Å². The van der Waals surface area contributed by atoms with Crippen LogP contribution in [0.1, 0.15) is 0 Å². The fourth-order valence-corrected chi connectivity index (χ4v) is 8.07. The maximum Gasteiger partial charge on any atom is 0.164 e. The molecule has 0 atom stereocenters. The summed E-state index contributed by atoms with van der Waals surface area (Å²) in [5.74, 6) is 1.67. The van der Waals surface area contributed by atoms with Crippen molar-refractivity contribution < 1.29 is 8.78 Å². The molecule has 3 aromatic heterocycles. The number of para-hydroxylation sites is 1. The van der Waals surface area contributed by atoms with Crippen molar-refractivity contribution in [3.63, 3.8) is 0 Å². The molecule has 0 spiro atoms. The molecule has 11 aromatic rings. The van der Waals surface area contributed by atoms with Gasteiger partial charge in [0.25, 0.3) is 0 Å². The Labute approximate surface area is 360 Å². The van der Waals surface area contributed by atoms with E-state index in [1.165, 1.54) is 18.2 Å². The quantitative estimate of drug-likeness (QED) is 0.152. The van der Waals surface area contributed by atoms with E-state index >= 15 is 8.78 Å². The maximum atomic E-state index is 15.9. The van der Waals surface area contributed by atoms with E-state index in [0.717, 1.165) is 49.6 Å². The molecule has 0 radical (unpaired) electrons. The first kappa shape index (κ1) is 37.4.